The molecule has 1 aromatic carbocycles. The number of nitrogens with two attached hydrogens (primary N) is 1. The molecule has 0 aliphatic heterocycles. The first-order valence-corrected chi connectivity index (χ1v) is 8.79. The van der Waals surface area contributed by atoms with Gasteiger partial charge in [-0.05, 0) is 44.4 Å². The molecule has 144 valence electrons. The van der Waals surface area contributed by atoms with E-state index in [0.717, 1.165) is 0 Å². The lowest BCUT2D eigenvalue weighted by molar-refractivity contribution is 0.309. The normalized spacial score (nSPS) is 16.5. The maximum Gasteiger partial charge on any atom is 0.446 e. The second kappa shape index (κ2) is 7.55. The maximum absolute atomic E-state index is 14.0. The number of nitrogens with one attached hydrogen (secondary N) is 2. The lowest BCUT2D eigenvalue weighted by Gasteiger charge is -2.06. The van der Waals surface area contributed by atoms with Crippen LogP contribution in [0.4, 0.5) is 10.2 Å². The summed E-state index contributed by atoms with van der Waals surface area (Å²) in [7, 11) is -4.70. The Kier molecular flexibility index (Phi) is 3.35. The summed E-state index contributed by atoms with van der Waals surface area (Å²) in [5.41, 5.74) is -1.28. The molecule has 2 aromatic heterocycles. The smallest absolute Gasteiger partial charge is 0.364 e. The number of hydrogen-bond donors (Lipinski definition) is 3. The first-order valence-electron chi connectivity index (χ1n) is 9.95. The average Bonchev–Trinajstić information content (AvgIpc) is 3.29. The lowest BCUT2D eigenvalue weighted by Crippen LogP contribution is -2.34. The average molecular weight is 471 g/mol. The van der Waals surface area contributed by atoms with E-state index in [0.29, 0.717) is 4.57 Å². The van der Waals surface area contributed by atoms with Crippen LogP contribution in [0.2, 0.25) is 0 Å². The van der Waals surface area contributed by atoms with E-state index in [-0.39, 0.29) is 0 Å². The molecule has 0 unspecified atom stereocenters. The molecule has 2 heterocycles. The van der Waals surface area contributed by atoms with Gasteiger partial charge >= 0.3 is 5.76 Å². The van der Waals surface area contributed by atoms with E-state index in [2.05, 4.69) is 40.6 Å². The van der Waals surface area contributed by atoms with Crippen molar-refractivity contribution in [2.45, 2.75) is 0 Å². The largest absolute Gasteiger partial charge is 0.446 e. The fourth-order valence-corrected chi connectivity index (χ4v) is 2.15. The number of rotatable bonds is 7. The third kappa shape index (κ3) is 4.38. The van der Waals surface area contributed by atoms with Gasteiger partial charge < -0.3 is 5.32 Å². The Morgan fingerprint density at radius 2 is 2.15 bits per heavy atom. The molecule has 0 spiro atoms. The van der Waals surface area contributed by atoms with E-state index in [1.54, 1.807) is 0 Å². The SMILES string of the molecule is [2H]c1c([2H])c(-n2c(-c3nonc3NC([2H])([2H])C([2H])([2H])NS(N)(=O)=O)noc2=O)c([2H])c(Br)c1F. The molecule has 27 heavy (non-hydrogen) atoms. The zero-order valence-corrected chi connectivity index (χ0v) is 15.0. The van der Waals surface area contributed by atoms with Crippen molar-refractivity contribution in [1.82, 2.24) is 24.8 Å². The third-order valence-electron chi connectivity index (χ3n) is 2.68. The molecule has 3 rings (SSSR count). The summed E-state index contributed by atoms with van der Waals surface area (Å²) in [5, 5.41) is 16.7. The van der Waals surface area contributed by atoms with Gasteiger partial charge in [0.1, 0.15) is 5.82 Å². The molecular weight excluding hydrogens is 453 g/mol. The van der Waals surface area contributed by atoms with Gasteiger partial charge in [0.05, 0.1) is 17.0 Å². The number of anilines is 1. The van der Waals surface area contributed by atoms with Crippen molar-refractivity contribution in [2.24, 2.45) is 5.14 Å². The highest BCUT2D eigenvalue weighted by atomic mass is 79.9. The Morgan fingerprint density at radius 1 is 1.37 bits per heavy atom. The minimum atomic E-state index is -4.70. The van der Waals surface area contributed by atoms with E-state index in [1.807, 2.05) is 5.32 Å². The van der Waals surface area contributed by atoms with Crippen LogP contribution in [0.3, 0.4) is 0 Å². The number of hydrogen-bond acceptors (Lipinski definition) is 9. The first-order chi connectivity index (χ1) is 15.5. The second-order valence-corrected chi connectivity index (χ2v) is 6.53. The van der Waals surface area contributed by atoms with Crippen LogP contribution in [-0.2, 0) is 10.2 Å². The number of halogens is 2. The van der Waals surface area contributed by atoms with E-state index >= 15 is 0 Å². The predicted octanol–water partition coefficient (Wildman–Crippen LogP) is -0.0179. The Morgan fingerprint density at radius 3 is 2.89 bits per heavy atom. The number of benzene rings is 1. The minimum Gasteiger partial charge on any atom is -0.364 e. The quantitative estimate of drug-likeness (QED) is 0.428. The van der Waals surface area contributed by atoms with Crippen LogP contribution in [0, 0.1) is 5.82 Å². The molecule has 15 heteroatoms. The standard InChI is InChI=1S/C12H11BrFN7O5S/c13-7-5-6(1-2-8(7)14)21-11(20-25-12(21)22)9-10(19-26-18-9)16-3-4-17-27(15,23)24/h1-2,5,17H,3-4H2,(H,16,19)(H2,15,23,24)/i1D,2D,3D2,4D2,5D. The summed E-state index contributed by atoms with van der Waals surface area (Å²) in [6, 6.07) is -2.64. The van der Waals surface area contributed by atoms with E-state index < -0.39 is 80.4 Å². The van der Waals surface area contributed by atoms with E-state index in [1.165, 1.54) is 4.72 Å². The zero-order chi connectivity index (χ0) is 25.8. The van der Waals surface area contributed by atoms with Crippen LogP contribution >= 0.6 is 15.9 Å². The van der Waals surface area contributed by atoms with Crippen LogP contribution < -0.4 is 20.9 Å². The molecule has 0 saturated heterocycles. The van der Waals surface area contributed by atoms with Gasteiger partial charge in [0.25, 0.3) is 10.2 Å². The van der Waals surface area contributed by atoms with E-state index in [4.69, 9.17) is 14.7 Å². The van der Waals surface area contributed by atoms with Gasteiger partial charge in [-0.1, -0.05) is 5.16 Å². The molecule has 0 aliphatic carbocycles. The highest BCUT2D eigenvalue weighted by Crippen LogP contribution is 2.25. The van der Waals surface area contributed by atoms with Crippen LogP contribution in [0.1, 0.15) is 9.60 Å². The number of nitrogens with zero attached hydrogens (tertiary/aromatic N) is 4. The second-order valence-electron chi connectivity index (χ2n) is 4.44. The summed E-state index contributed by atoms with van der Waals surface area (Å²) in [6.45, 7) is -6.62. The summed E-state index contributed by atoms with van der Waals surface area (Å²) < 4.78 is 101. The Hall–Kier alpha value is -2.62. The van der Waals surface area contributed by atoms with Gasteiger partial charge in [-0.15, -0.1) is 0 Å². The lowest BCUT2D eigenvalue weighted by atomic mass is 10.3. The van der Waals surface area contributed by atoms with Crippen molar-refractivity contribution >= 4 is 32.0 Å². The highest BCUT2D eigenvalue weighted by Gasteiger charge is 2.23. The van der Waals surface area contributed by atoms with Crippen molar-refractivity contribution in [3.8, 4) is 17.2 Å². The summed E-state index contributed by atoms with van der Waals surface area (Å²) in [6.07, 6.45) is 0. The summed E-state index contributed by atoms with van der Waals surface area (Å²) in [5.74, 6) is -3.95. The van der Waals surface area contributed by atoms with E-state index in [9.17, 15) is 17.6 Å². The number of aromatic nitrogens is 4. The Balaban J connectivity index is 2.16. The van der Waals surface area contributed by atoms with Crippen molar-refractivity contribution in [1.29, 1.82) is 0 Å². The van der Waals surface area contributed by atoms with Gasteiger partial charge in [-0.2, -0.15) is 8.42 Å². The highest BCUT2D eigenvalue weighted by molar-refractivity contribution is 9.10. The summed E-state index contributed by atoms with van der Waals surface area (Å²) in [4.78, 5) is 12.3. The van der Waals surface area contributed by atoms with Crippen LogP contribution in [-0.4, -0.2) is 41.4 Å². The van der Waals surface area contributed by atoms with Gasteiger partial charge in [0.15, 0.2) is 5.69 Å². The minimum absolute atomic E-state index is 0.435. The predicted molar refractivity (Wildman–Crippen MR) is 92.6 cm³/mol. The van der Waals surface area contributed by atoms with Crippen molar-refractivity contribution in [2.75, 3.05) is 18.3 Å². The fourth-order valence-electron chi connectivity index (χ4n) is 1.67. The van der Waals surface area contributed by atoms with Crippen LogP contribution in [0.25, 0.3) is 17.2 Å². The molecule has 4 N–H and O–H groups in total. The Labute approximate surface area is 168 Å². The first kappa shape index (κ1) is 12.0. The summed E-state index contributed by atoms with van der Waals surface area (Å²) >= 11 is 2.75. The molecule has 3 aromatic rings. The van der Waals surface area contributed by atoms with Gasteiger partial charge in [0.2, 0.25) is 11.6 Å². The fraction of sp³-hybridized carbons (Fsp3) is 0.167. The molecule has 0 aliphatic rings. The third-order valence-corrected chi connectivity index (χ3v) is 3.61. The van der Waals surface area contributed by atoms with Crippen molar-refractivity contribution < 1.29 is 31.6 Å². The van der Waals surface area contributed by atoms with Crippen LogP contribution in [0.15, 0.2) is 36.5 Å². The molecule has 12 nitrogen and oxygen atoms in total. The van der Waals surface area contributed by atoms with Gasteiger partial charge in [-0.3, -0.25) is 4.52 Å². The van der Waals surface area contributed by atoms with Crippen molar-refractivity contribution in [3.63, 3.8) is 0 Å². The van der Waals surface area contributed by atoms with Gasteiger partial charge in [-0.25, -0.2) is 28.2 Å². The molecule has 0 atom stereocenters. The van der Waals surface area contributed by atoms with Crippen molar-refractivity contribution in [3.05, 3.63) is 39.0 Å². The maximum atomic E-state index is 14.0. The molecule has 0 saturated carbocycles. The molecule has 0 bridgehead atoms. The monoisotopic (exact) mass is 470 g/mol. The molecule has 0 amide bonds. The molecular formula is C12H11BrFN7O5S. The van der Waals surface area contributed by atoms with Crippen LogP contribution in [0.5, 0.6) is 0 Å². The molecule has 0 fully saturated rings. The topological polar surface area (TPSA) is 171 Å². The van der Waals surface area contributed by atoms with Gasteiger partial charge in [0, 0.05) is 15.7 Å². The Bertz CT molecular complexity index is 1410. The molecule has 0 radical (unpaired) electrons. The zero-order valence-electron chi connectivity index (χ0n) is 19.6.